The van der Waals surface area contributed by atoms with Gasteiger partial charge in [-0.3, -0.25) is 9.59 Å². The first-order valence-electron chi connectivity index (χ1n) is 10.2. The summed E-state index contributed by atoms with van der Waals surface area (Å²) in [5.74, 6) is -0.303. The molecule has 0 fully saturated rings. The van der Waals surface area contributed by atoms with Gasteiger partial charge in [0.15, 0.2) is 5.78 Å². The summed E-state index contributed by atoms with van der Waals surface area (Å²) >= 11 is 0. The Balaban J connectivity index is 1.58. The number of aryl methyl sites for hydroxylation is 1. The van der Waals surface area contributed by atoms with Crippen molar-refractivity contribution >= 4 is 5.78 Å². The zero-order valence-electron chi connectivity index (χ0n) is 17.7. The monoisotopic (exact) mass is 423 g/mol. The second-order valence-electron chi connectivity index (χ2n) is 7.41. The molecule has 0 amide bonds. The summed E-state index contributed by atoms with van der Waals surface area (Å²) in [6.45, 7) is 1.97. The molecule has 1 heterocycles. The van der Waals surface area contributed by atoms with Crippen LogP contribution >= 0.6 is 0 Å². The first-order chi connectivity index (χ1) is 15.0. The summed E-state index contributed by atoms with van der Waals surface area (Å²) in [6.07, 6.45) is 1.81. The average Bonchev–Trinajstić information content (AvgIpc) is 2.78. The fraction of sp³-hybridized carbons (Fsp3) is 0.292. The second kappa shape index (κ2) is 10.6. The van der Waals surface area contributed by atoms with E-state index in [1.165, 1.54) is 36.9 Å². The van der Waals surface area contributed by atoms with E-state index in [1.54, 1.807) is 6.07 Å². The molecule has 0 bridgehead atoms. The maximum absolute atomic E-state index is 14.3. The molecule has 0 spiro atoms. The van der Waals surface area contributed by atoms with Crippen LogP contribution in [0.15, 0.2) is 65.5 Å². The molecule has 0 aliphatic rings. The summed E-state index contributed by atoms with van der Waals surface area (Å²) < 4.78 is 20.4. The number of hydrogen-bond acceptors (Lipinski definition) is 5. The lowest BCUT2D eigenvalue weighted by atomic mass is 10.1. The van der Waals surface area contributed by atoms with Crippen molar-refractivity contribution in [2.45, 2.75) is 32.4 Å². The molecule has 2 aromatic carbocycles. The van der Waals surface area contributed by atoms with E-state index in [-0.39, 0.29) is 36.2 Å². The number of carbonyl (C=O) groups excluding carboxylic acids is 1. The fourth-order valence-electron chi connectivity index (χ4n) is 3.18. The van der Waals surface area contributed by atoms with Crippen LogP contribution in [0.3, 0.4) is 0 Å². The predicted molar refractivity (Wildman–Crippen MR) is 118 cm³/mol. The largest absolute Gasteiger partial charge is 0.497 e. The molecule has 1 atom stereocenters. The number of nitrogens with zero attached hydrogens (tertiary/aromatic N) is 2. The Morgan fingerprint density at radius 2 is 1.94 bits per heavy atom. The van der Waals surface area contributed by atoms with Gasteiger partial charge in [-0.1, -0.05) is 30.3 Å². The Bertz CT molecular complexity index is 1080. The molecule has 0 saturated carbocycles. The highest BCUT2D eigenvalue weighted by Crippen LogP contribution is 2.23. The van der Waals surface area contributed by atoms with E-state index in [1.807, 2.05) is 25.1 Å². The van der Waals surface area contributed by atoms with Gasteiger partial charge < -0.3 is 10.1 Å². The number of hydrogen-bond donors (Lipinski definition) is 1. The molecule has 1 aromatic heterocycles. The van der Waals surface area contributed by atoms with Crippen LogP contribution in [0.5, 0.6) is 5.75 Å². The molecule has 1 unspecified atom stereocenters. The molecule has 1 N–H and O–H groups in total. The topological polar surface area (TPSA) is 73.2 Å². The molecule has 0 aliphatic heterocycles. The van der Waals surface area contributed by atoms with E-state index < -0.39 is 11.4 Å². The molecule has 0 radical (unpaired) electrons. The Kier molecular flexibility index (Phi) is 7.67. The van der Waals surface area contributed by atoms with Gasteiger partial charge in [0.25, 0.3) is 5.56 Å². The van der Waals surface area contributed by atoms with Crippen LogP contribution in [0.1, 0.15) is 18.9 Å². The summed E-state index contributed by atoms with van der Waals surface area (Å²) in [6, 6.07) is 17.4. The Hall–Kier alpha value is -3.32. The standard InChI is InChI=1S/C24H26FN3O3/c1-17(8-9-18-6-4-3-5-7-18)26-15-19(29)16-28-24(30)13-12-23(27-28)21-11-10-20(31-2)14-22(21)25/h3-7,10-14,17,26H,8-9,15-16H2,1-2H3. The normalized spacial score (nSPS) is 11.8. The molecule has 3 aromatic rings. The minimum atomic E-state index is -0.516. The van der Waals surface area contributed by atoms with E-state index in [4.69, 9.17) is 4.74 Å². The van der Waals surface area contributed by atoms with E-state index in [2.05, 4.69) is 22.5 Å². The van der Waals surface area contributed by atoms with Crippen molar-refractivity contribution in [3.8, 4) is 17.0 Å². The van der Waals surface area contributed by atoms with Crippen LogP contribution in [-0.4, -0.2) is 35.3 Å². The molecular formula is C24H26FN3O3. The predicted octanol–water partition coefficient (Wildman–Crippen LogP) is 3.24. The number of Topliss-reactive ketones (excluding diaryl/α,β-unsaturated/α-hetero) is 1. The average molecular weight is 423 g/mol. The van der Waals surface area contributed by atoms with Crippen LogP contribution in [-0.2, 0) is 17.8 Å². The van der Waals surface area contributed by atoms with Crippen molar-refractivity contribution in [3.63, 3.8) is 0 Å². The van der Waals surface area contributed by atoms with Crippen molar-refractivity contribution < 1.29 is 13.9 Å². The highest BCUT2D eigenvalue weighted by molar-refractivity contribution is 5.80. The molecule has 7 heteroatoms. The lowest BCUT2D eigenvalue weighted by Gasteiger charge is -2.14. The zero-order chi connectivity index (χ0) is 22.2. The molecule has 162 valence electrons. The molecule has 6 nitrogen and oxygen atoms in total. The summed E-state index contributed by atoms with van der Waals surface area (Å²) in [5, 5.41) is 7.37. The van der Waals surface area contributed by atoms with Crippen LogP contribution < -0.4 is 15.6 Å². The molecule has 0 saturated heterocycles. The van der Waals surface area contributed by atoms with Gasteiger partial charge in [-0.15, -0.1) is 0 Å². The number of benzene rings is 2. The quantitative estimate of drug-likeness (QED) is 0.542. The summed E-state index contributed by atoms with van der Waals surface area (Å²) in [7, 11) is 1.45. The highest BCUT2D eigenvalue weighted by atomic mass is 19.1. The third-order valence-electron chi connectivity index (χ3n) is 5.00. The van der Waals surface area contributed by atoms with Gasteiger partial charge in [0.1, 0.15) is 18.1 Å². The van der Waals surface area contributed by atoms with Crippen molar-refractivity contribution in [1.82, 2.24) is 15.1 Å². The number of nitrogens with one attached hydrogen (secondary N) is 1. The lowest BCUT2D eigenvalue weighted by Crippen LogP contribution is -2.35. The van der Waals surface area contributed by atoms with Gasteiger partial charge in [0, 0.05) is 23.7 Å². The van der Waals surface area contributed by atoms with E-state index in [0.717, 1.165) is 17.5 Å². The number of methoxy groups -OCH3 is 1. The van der Waals surface area contributed by atoms with E-state index in [9.17, 15) is 14.0 Å². The van der Waals surface area contributed by atoms with Crippen molar-refractivity contribution in [1.29, 1.82) is 0 Å². The minimum absolute atomic E-state index is 0.130. The van der Waals surface area contributed by atoms with Gasteiger partial charge in [-0.05, 0) is 43.5 Å². The Labute approximate surface area is 180 Å². The fourth-order valence-corrected chi connectivity index (χ4v) is 3.18. The van der Waals surface area contributed by atoms with Crippen molar-refractivity contribution in [2.24, 2.45) is 0 Å². The third-order valence-corrected chi connectivity index (χ3v) is 5.00. The maximum atomic E-state index is 14.3. The third kappa shape index (κ3) is 6.33. The van der Waals surface area contributed by atoms with Crippen molar-refractivity contribution in [3.05, 3.63) is 82.4 Å². The second-order valence-corrected chi connectivity index (χ2v) is 7.41. The first-order valence-corrected chi connectivity index (χ1v) is 10.2. The van der Waals surface area contributed by atoms with Crippen LogP contribution in [0.25, 0.3) is 11.3 Å². The smallest absolute Gasteiger partial charge is 0.267 e. The van der Waals surface area contributed by atoms with Gasteiger partial charge in [-0.25, -0.2) is 9.07 Å². The Morgan fingerprint density at radius 3 is 2.65 bits per heavy atom. The number of aromatic nitrogens is 2. The minimum Gasteiger partial charge on any atom is -0.497 e. The Morgan fingerprint density at radius 1 is 1.16 bits per heavy atom. The number of rotatable bonds is 10. The van der Waals surface area contributed by atoms with Gasteiger partial charge >= 0.3 is 0 Å². The SMILES string of the molecule is COc1ccc(-c2ccc(=O)n(CC(=O)CNC(C)CCc3ccccc3)n2)c(F)c1. The maximum Gasteiger partial charge on any atom is 0.267 e. The van der Waals surface area contributed by atoms with Crippen LogP contribution in [0.4, 0.5) is 4.39 Å². The summed E-state index contributed by atoms with van der Waals surface area (Å²) in [4.78, 5) is 24.5. The van der Waals surface area contributed by atoms with Gasteiger partial charge in [0.2, 0.25) is 0 Å². The van der Waals surface area contributed by atoms with Crippen LogP contribution in [0.2, 0.25) is 0 Å². The van der Waals surface area contributed by atoms with E-state index in [0.29, 0.717) is 5.75 Å². The number of carbonyl (C=O) groups is 1. The molecule has 3 rings (SSSR count). The first kappa shape index (κ1) is 22.4. The number of ketones is 1. The zero-order valence-corrected chi connectivity index (χ0v) is 17.7. The summed E-state index contributed by atoms with van der Waals surface area (Å²) in [5.41, 5.74) is 1.34. The highest BCUT2D eigenvalue weighted by Gasteiger charge is 2.12. The molecule has 31 heavy (non-hydrogen) atoms. The van der Waals surface area contributed by atoms with Gasteiger partial charge in [-0.2, -0.15) is 5.10 Å². The number of halogens is 1. The number of ether oxygens (including phenoxy) is 1. The van der Waals surface area contributed by atoms with E-state index >= 15 is 0 Å². The van der Waals surface area contributed by atoms with Crippen LogP contribution in [0, 0.1) is 5.82 Å². The molecular weight excluding hydrogens is 397 g/mol. The van der Waals surface area contributed by atoms with Gasteiger partial charge in [0.05, 0.1) is 19.3 Å². The molecule has 0 aliphatic carbocycles. The lowest BCUT2D eigenvalue weighted by molar-refractivity contribution is -0.119. The van der Waals surface area contributed by atoms with Crippen molar-refractivity contribution in [2.75, 3.05) is 13.7 Å².